The second kappa shape index (κ2) is 6.55. The van der Waals surface area contributed by atoms with E-state index in [1.807, 2.05) is 6.92 Å². The molecule has 112 valence electrons. The average Bonchev–Trinajstić information content (AvgIpc) is 2.48. The summed E-state index contributed by atoms with van der Waals surface area (Å²) < 4.78 is 25.2. The SMILES string of the molecule is CCOC1(C(O)c2cccc(OC)c2F)CCCCC1. The fraction of sp³-hybridized carbons (Fsp3) is 0.625. The standard InChI is InChI=1S/C16H23FO3/c1-3-20-16(10-5-4-6-11-16)15(18)12-8-7-9-13(19-2)14(12)17/h7-9,15,18H,3-6,10-11H2,1-2H3. The maximum absolute atomic E-state index is 14.3. The molecule has 1 N–H and O–H groups in total. The van der Waals surface area contributed by atoms with E-state index in [0.717, 1.165) is 32.1 Å². The van der Waals surface area contributed by atoms with Crippen LogP contribution in [-0.2, 0) is 4.74 Å². The van der Waals surface area contributed by atoms with E-state index in [4.69, 9.17) is 9.47 Å². The average molecular weight is 282 g/mol. The maximum atomic E-state index is 14.3. The number of hydrogen-bond acceptors (Lipinski definition) is 3. The number of hydrogen-bond donors (Lipinski definition) is 1. The highest BCUT2D eigenvalue weighted by molar-refractivity contribution is 5.33. The molecule has 1 aliphatic rings. The zero-order valence-corrected chi connectivity index (χ0v) is 12.2. The van der Waals surface area contributed by atoms with E-state index >= 15 is 0 Å². The summed E-state index contributed by atoms with van der Waals surface area (Å²) in [6.45, 7) is 2.42. The minimum atomic E-state index is -0.960. The van der Waals surface area contributed by atoms with Crippen LogP contribution in [0.3, 0.4) is 0 Å². The molecular formula is C16H23FO3. The number of methoxy groups -OCH3 is 1. The van der Waals surface area contributed by atoms with E-state index in [9.17, 15) is 9.50 Å². The van der Waals surface area contributed by atoms with Crippen molar-refractivity contribution in [1.82, 2.24) is 0 Å². The molecular weight excluding hydrogens is 259 g/mol. The first-order valence-electron chi connectivity index (χ1n) is 7.29. The first-order valence-corrected chi connectivity index (χ1v) is 7.29. The highest BCUT2D eigenvalue weighted by Crippen LogP contribution is 2.43. The zero-order valence-electron chi connectivity index (χ0n) is 12.2. The Balaban J connectivity index is 2.34. The van der Waals surface area contributed by atoms with Gasteiger partial charge in [0.25, 0.3) is 0 Å². The lowest BCUT2D eigenvalue weighted by Crippen LogP contribution is -2.41. The Morgan fingerprint density at radius 2 is 2.00 bits per heavy atom. The molecule has 2 rings (SSSR count). The van der Waals surface area contributed by atoms with Gasteiger partial charge in [0.2, 0.25) is 0 Å². The minimum Gasteiger partial charge on any atom is -0.494 e. The Labute approximate surface area is 119 Å². The summed E-state index contributed by atoms with van der Waals surface area (Å²) >= 11 is 0. The minimum absolute atomic E-state index is 0.156. The third-order valence-electron chi connectivity index (χ3n) is 4.14. The van der Waals surface area contributed by atoms with Crippen LogP contribution in [0.5, 0.6) is 5.75 Å². The van der Waals surface area contributed by atoms with Crippen LogP contribution < -0.4 is 4.74 Å². The van der Waals surface area contributed by atoms with Gasteiger partial charge in [0.05, 0.1) is 12.7 Å². The van der Waals surface area contributed by atoms with Gasteiger partial charge in [-0.05, 0) is 25.8 Å². The smallest absolute Gasteiger partial charge is 0.170 e. The van der Waals surface area contributed by atoms with Gasteiger partial charge >= 0.3 is 0 Å². The van der Waals surface area contributed by atoms with Gasteiger partial charge in [-0.1, -0.05) is 31.4 Å². The number of halogens is 1. The van der Waals surface area contributed by atoms with E-state index in [1.165, 1.54) is 7.11 Å². The van der Waals surface area contributed by atoms with Crippen molar-refractivity contribution in [3.63, 3.8) is 0 Å². The normalized spacial score (nSPS) is 19.6. The molecule has 1 saturated carbocycles. The van der Waals surface area contributed by atoms with Gasteiger partial charge in [-0.3, -0.25) is 0 Å². The van der Waals surface area contributed by atoms with Gasteiger partial charge < -0.3 is 14.6 Å². The molecule has 0 amide bonds. The van der Waals surface area contributed by atoms with Crippen LogP contribution in [0.15, 0.2) is 18.2 Å². The molecule has 0 radical (unpaired) electrons. The third kappa shape index (κ3) is 2.81. The topological polar surface area (TPSA) is 38.7 Å². The Morgan fingerprint density at radius 3 is 2.60 bits per heavy atom. The Kier molecular flexibility index (Phi) is 5.00. The lowest BCUT2D eigenvalue weighted by molar-refractivity contribution is -0.142. The number of aliphatic hydroxyl groups is 1. The molecule has 3 nitrogen and oxygen atoms in total. The zero-order chi connectivity index (χ0) is 14.6. The molecule has 1 aliphatic carbocycles. The first kappa shape index (κ1) is 15.3. The van der Waals surface area contributed by atoms with Crippen molar-refractivity contribution >= 4 is 0 Å². The van der Waals surface area contributed by atoms with Crippen LogP contribution in [-0.4, -0.2) is 24.4 Å². The third-order valence-corrected chi connectivity index (χ3v) is 4.14. The van der Waals surface area contributed by atoms with Crippen molar-refractivity contribution in [2.75, 3.05) is 13.7 Å². The molecule has 1 fully saturated rings. The van der Waals surface area contributed by atoms with Crippen molar-refractivity contribution in [3.8, 4) is 5.75 Å². The Bertz CT molecular complexity index is 436. The van der Waals surface area contributed by atoms with Gasteiger partial charge in [-0.15, -0.1) is 0 Å². The highest BCUT2D eigenvalue weighted by Gasteiger charge is 2.42. The monoisotopic (exact) mass is 282 g/mol. The van der Waals surface area contributed by atoms with E-state index in [0.29, 0.717) is 6.61 Å². The van der Waals surface area contributed by atoms with Crippen LogP contribution in [0.2, 0.25) is 0 Å². The van der Waals surface area contributed by atoms with Crippen LogP contribution >= 0.6 is 0 Å². The molecule has 0 heterocycles. The molecule has 0 spiro atoms. The lowest BCUT2D eigenvalue weighted by atomic mass is 9.78. The fourth-order valence-corrected chi connectivity index (χ4v) is 3.11. The van der Waals surface area contributed by atoms with Gasteiger partial charge in [0, 0.05) is 12.2 Å². The Hall–Kier alpha value is -1.13. The molecule has 20 heavy (non-hydrogen) atoms. The van der Waals surface area contributed by atoms with Crippen LogP contribution in [0.4, 0.5) is 4.39 Å². The largest absolute Gasteiger partial charge is 0.494 e. The number of ether oxygens (including phenoxy) is 2. The Morgan fingerprint density at radius 1 is 1.30 bits per heavy atom. The summed E-state index contributed by atoms with van der Waals surface area (Å²) in [5.74, 6) is -0.337. The van der Waals surface area contributed by atoms with E-state index in [2.05, 4.69) is 0 Å². The van der Waals surface area contributed by atoms with E-state index < -0.39 is 17.5 Å². The second-order valence-electron chi connectivity index (χ2n) is 5.32. The van der Waals surface area contributed by atoms with Crippen LogP contribution in [0.25, 0.3) is 0 Å². The maximum Gasteiger partial charge on any atom is 0.170 e. The highest BCUT2D eigenvalue weighted by atomic mass is 19.1. The predicted molar refractivity (Wildman–Crippen MR) is 75.4 cm³/mol. The summed E-state index contributed by atoms with van der Waals surface area (Å²) in [6.07, 6.45) is 3.71. The van der Waals surface area contributed by atoms with Gasteiger partial charge in [0.1, 0.15) is 6.10 Å². The van der Waals surface area contributed by atoms with Crippen molar-refractivity contribution in [1.29, 1.82) is 0 Å². The summed E-state index contributed by atoms with van der Waals surface area (Å²) in [5, 5.41) is 10.7. The summed E-state index contributed by atoms with van der Waals surface area (Å²) in [4.78, 5) is 0. The fourth-order valence-electron chi connectivity index (χ4n) is 3.11. The molecule has 1 atom stereocenters. The van der Waals surface area contributed by atoms with Crippen molar-refractivity contribution in [2.24, 2.45) is 0 Å². The molecule has 1 aromatic carbocycles. The van der Waals surface area contributed by atoms with Crippen molar-refractivity contribution < 1.29 is 19.0 Å². The van der Waals surface area contributed by atoms with Gasteiger partial charge in [-0.25, -0.2) is 4.39 Å². The summed E-state index contributed by atoms with van der Waals surface area (Å²) in [5.41, 5.74) is -0.403. The van der Waals surface area contributed by atoms with Crippen LogP contribution in [0, 0.1) is 5.82 Å². The van der Waals surface area contributed by atoms with Crippen molar-refractivity contribution in [3.05, 3.63) is 29.6 Å². The summed E-state index contributed by atoms with van der Waals surface area (Å²) in [7, 11) is 1.42. The molecule has 0 aromatic heterocycles. The molecule has 0 saturated heterocycles. The quantitative estimate of drug-likeness (QED) is 0.896. The molecule has 0 aliphatic heterocycles. The van der Waals surface area contributed by atoms with Gasteiger partial charge in [0.15, 0.2) is 11.6 Å². The summed E-state index contributed by atoms with van der Waals surface area (Å²) in [6, 6.07) is 4.86. The van der Waals surface area contributed by atoms with E-state index in [1.54, 1.807) is 18.2 Å². The second-order valence-corrected chi connectivity index (χ2v) is 5.32. The van der Waals surface area contributed by atoms with Gasteiger partial charge in [-0.2, -0.15) is 0 Å². The van der Waals surface area contributed by atoms with Crippen molar-refractivity contribution in [2.45, 2.75) is 50.7 Å². The van der Waals surface area contributed by atoms with Crippen LogP contribution in [0.1, 0.15) is 50.7 Å². The predicted octanol–water partition coefficient (Wildman–Crippen LogP) is 3.61. The van der Waals surface area contributed by atoms with E-state index in [-0.39, 0.29) is 11.3 Å². The number of aliphatic hydroxyl groups excluding tert-OH is 1. The molecule has 4 heteroatoms. The first-order chi connectivity index (χ1) is 9.64. The lowest BCUT2D eigenvalue weighted by Gasteiger charge is -2.41. The molecule has 1 unspecified atom stereocenters. The molecule has 1 aromatic rings. The molecule has 0 bridgehead atoms. The number of rotatable bonds is 5. The number of benzene rings is 1.